The summed E-state index contributed by atoms with van der Waals surface area (Å²) in [5.41, 5.74) is 0. The Morgan fingerprint density at radius 3 is 2.43 bits per heavy atom. The molecule has 0 amide bonds. The maximum atomic E-state index is 8.73. The minimum atomic E-state index is 0.331. The monoisotopic (exact) mass is 200 g/mol. The first-order chi connectivity index (χ1) is 6.72. The van der Waals surface area contributed by atoms with Crippen LogP contribution in [0.5, 0.6) is 0 Å². The van der Waals surface area contributed by atoms with E-state index >= 15 is 0 Å². The van der Waals surface area contributed by atoms with Gasteiger partial charge in [0.1, 0.15) is 0 Å². The number of hydrogen-bond acceptors (Lipinski definition) is 3. The van der Waals surface area contributed by atoms with E-state index in [-0.39, 0.29) is 0 Å². The number of aliphatic hydroxyl groups is 1. The van der Waals surface area contributed by atoms with Crippen molar-refractivity contribution < 1.29 is 5.11 Å². The molecule has 1 saturated heterocycles. The van der Waals surface area contributed by atoms with Gasteiger partial charge in [0.15, 0.2) is 0 Å². The van der Waals surface area contributed by atoms with Crippen LogP contribution in [0.2, 0.25) is 0 Å². The fourth-order valence-corrected chi connectivity index (χ4v) is 2.20. The Labute approximate surface area is 87.7 Å². The second-order valence-electron chi connectivity index (χ2n) is 4.62. The highest BCUT2D eigenvalue weighted by Gasteiger charge is 2.18. The smallest absolute Gasteiger partial charge is 0.0443 e. The van der Waals surface area contributed by atoms with Gasteiger partial charge in [0, 0.05) is 19.7 Å². The summed E-state index contributed by atoms with van der Waals surface area (Å²) in [4.78, 5) is 4.76. The van der Waals surface area contributed by atoms with Crippen LogP contribution in [0.3, 0.4) is 0 Å². The molecule has 0 aromatic carbocycles. The van der Waals surface area contributed by atoms with Crippen molar-refractivity contribution >= 4 is 0 Å². The Balaban J connectivity index is 2.11. The van der Waals surface area contributed by atoms with Crippen LogP contribution in [0.25, 0.3) is 0 Å². The van der Waals surface area contributed by atoms with Gasteiger partial charge in [0.05, 0.1) is 0 Å². The molecule has 0 radical (unpaired) electrons. The zero-order valence-electron chi connectivity index (χ0n) is 9.58. The molecule has 1 N–H and O–H groups in total. The molecule has 0 bridgehead atoms. The molecule has 1 fully saturated rings. The number of rotatable bonds is 5. The van der Waals surface area contributed by atoms with Gasteiger partial charge in [-0.3, -0.25) is 0 Å². The standard InChI is InChI=1S/C11H24N2O/c1-12(2)10-11-4-7-13(8-5-11)6-3-9-14/h11,14H,3-10H2,1-2H3. The van der Waals surface area contributed by atoms with Crippen molar-refractivity contribution in [3.05, 3.63) is 0 Å². The average Bonchev–Trinajstić information content (AvgIpc) is 2.16. The van der Waals surface area contributed by atoms with Crippen LogP contribution >= 0.6 is 0 Å². The van der Waals surface area contributed by atoms with Crippen molar-refractivity contribution in [2.75, 3.05) is 46.9 Å². The summed E-state index contributed by atoms with van der Waals surface area (Å²) in [6.45, 7) is 5.08. The van der Waals surface area contributed by atoms with Crippen LogP contribution in [0.15, 0.2) is 0 Å². The largest absolute Gasteiger partial charge is 0.396 e. The summed E-state index contributed by atoms with van der Waals surface area (Å²) in [7, 11) is 4.30. The average molecular weight is 200 g/mol. The Morgan fingerprint density at radius 1 is 1.29 bits per heavy atom. The van der Waals surface area contributed by atoms with Crippen molar-refractivity contribution in [2.45, 2.75) is 19.3 Å². The molecule has 0 spiro atoms. The minimum absolute atomic E-state index is 0.331. The van der Waals surface area contributed by atoms with E-state index in [9.17, 15) is 0 Å². The molecule has 1 aliphatic rings. The van der Waals surface area contributed by atoms with Crippen LogP contribution in [-0.4, -0.2) is 61.8 Å². The molecule has 1 rings (SSSR count). The van der Waals surface area contributed by atoms with E-state index in [0.29, 0.717) is 6.61 Å². The Morgan fingerprint density at radius 2 is 1.93 bits per heavy atom. The van der Waals surface area contributed by atoms with Crippen molar-refractivity contribution in [1.29, 1.82) is 0 Å². The van der Waals surface area contributed by atoms with Gasteiger partial charge in [0.25, 0.3) is 0 Å². The first kappa shape index (κ1) is 12.0. The van der Waals surface area contributed by atoms with E-state index < -0.39 is 0 Å². The maximum Gasteiger partial charge on any atom is 0.0443 e. The lowest BCUT2D eigenvalue weighted by Gasteiger charge is -2.33. The van der Waals surface area contributed by atoms with Crippen LogP contribution in [0, 0.1) is 5.92 Å². The molecule has 0 atom stereocenters. The Kier molecular flexibility index (Phi) is 5.45. The highest BCUT2D eigenvalue weighted by Crippen LogP contribution is 2.17. The topological polar surface area (TPSA) is 26.7 Å². The van der Waals surface area contributed by atoms with E-state index in [2.05, 4.69) is 23.9 Å². The zero-order valence-corrected chi connectivity index (χ0v) is 9.58. The minimum Gasteiger partial charge on any atom is -0.396 e. The SMILES string of the molecule is CN(C)CC1CCN(CCCO)CC1. The Bertz CT molecular complexity index is 142. The second kappa shape index (κ2) is 6.38. The predicted octanol–water partition coefficient (Wildman–Crippen LogP) is 0.642. The molecule has 84 valence electrons. The van der Waals surface area contributed by atoms with E-state index in [1.807, 2.05) is 0 Å². The molecule has 0 saturated carbocycles. The number of nitrogens with zero attached hydrogens (tertiary/aromatic N) is 2. The van der Waals surface area contributed by atoms with Gasteiger partial charge in [-0.25, -0.2) is 0 Å². The predicted molar refractivity (Wildman–Crippen MR) is 59.4 cm³/mol. The molecule has 0 aliphatic carbocycles. The zero-order chi connectivity index (χ0) is 10.4. The normalized spacial score (nSPS) is 20.6. The van der Waals surface area contributed by atoms with Crippen molar-refractivity contribution in [3.63, 3.8) is 0 Å². The van der Waals surface area contributed by atoms with Gasteiger partial charge in [-0.05, 0) is 52.4 Å². The highest BCUT2D eigenvalue weighted by molar-refractivity contribution is 4.73. The van der Waals surface area contributed by atoms with E-state index in [4.69, 9.17) is 5.11 Å². The summed E-state index contributed by atoms with van der Waals surface area (Å²) in [6, 6.07) is 0. The third-order valence-corrected chi connectivity index (χ3v) is 2.96. The van der Waals surface area contributed by atoms with Gasteiger partial charge in [-0.1, -0.05) is 0 Å². The fraction of sp³-hybridized carbons (Fsp3) is 1.00. The molecule has 1 heterocycles. The number of hydrogen-bond donors (Lipinski definition) is 1. The maximum absolute atomic E-state index is 8.73. The quantitative estimate of drug-likeness (QED) is 0.705. The van der Waals surface area contributed by atoms with Crippen LogP contribution in [0.4, 0.5) is 0 Å². The van der Waals surface area contributed by atoms with Gasteiger partial charge in [-0.2, -0.15) is 0 Å². The second-order valence-corrected chi connectivity index (χ2v) is 4.62. The van der Waals surface area contributed by atoms with Crippen molar-refractivity contribution in [1.82, 2.24) is 9.80 Å². The van der Waals surface area contributed by atoms with Gasteiger partial charge in [-0.15, -0.1) is 0 Å². The van der Waals surface area contributed by atoms with Crippen molar-refractivity contribution in [3.8, 4) is 0 Å². The Hall–Kier alpha value is -0.120. The third kappa shape index (κ3) is 4.40. The van der Waals surface area contributed by atoms with Gasteiger partial charge in [0.2, 0.25) is 0 Å². The van der Waals surface area contributed by atoms with Crippen LogP contribution < -0.4 is 0 Å². The van der Waals surface area contributed by atoms with E-state index in [1.165, 1.54) is 32.5 Å². The molecular weight excluding hydrogens is 176 g/mol. The first-order valence-electron chi connectivity index (χ1n) is 5.70. The summed E-state index contributed by atoms with van der Waals surface area (Å²) in [5.74, 6) is 0.885. The summed E-state index contributed by atoms with van der Waals surface area (Å²) >= 11 is 0. The summed E-state index contributed by atoms with van der Waals surface area (Å²) < 4.78 is 0. The molecule has 0 aromatic heterocycles. The number of aliphatic hydroxyl groups excluding tert-OH is 1. The molecular formula is C11H24N2O. The van der Waals surface area contributed by atoms with Crippen LogP contribution in [0.1, 0.15) is 19.3 Å². The lowest BCUT2D eigenvalue weighted by Crippen LogP contribution is -2.37. The summed E-state index contributed by atoms with van der Waals surface area (Å²) in [5, 5.41) is 8.73. The third-order valence-electron chi connectivity index (χ3n) is 2.96. The molecule has 3 nitrogen and oxygen atoms in total. The van der Waals surface area contributed by atoms with Gasteiger partial charge >= 0.3 is 0 Å². The van der Waals surface area contributed by atoms with E-state index in [0.717, 1.165) is 18.9 Å². The molecule has 0 unspecified atom stereocenters. The molecule has 14 heavy (non-hydrogen) atoms. The fourth-order valence-electron chi connectivity index (χ4n) is 2.20. The summed E-state index contributed by atoms with van der Waals surface area (Å²) in [6.07, 6.45) is 3.57. The van der Waals surface area contributed by atoms with E-state index in [1.54, 1.807) is 0 Å². The molecule has 3 heteroatoms. The highest BCUT2D eigenvalue weighted by atomic mass is 16.3. The van der Waals surface area contributed by atoms with Gasteiger partial charge < -0.3 is 14.9 Å². The molecule has 0 aromatic rings. The molecule has 1 aliphatic heterocycles. The van der Waals surface area contributed by atoms with Crippen molar-refractivity contribution in [2.24, 2.45) is 5.92 Å². The lowest BCUT2D eigenvalue weighted by atomic mass is 9.96. The number of likely N-dealkylation sites (tertiary alicyclic amines) is 1. The lowest BCUT2D eigenvalue weighted by molar-refractivity contribution is 0.151. The number of piperidine rings is 1. The van der Waals surface area contributed by atoms with Crippen LogP contribution in [-0.2, 0) is 0 Å². The first-order valence-corrected chi connectivity index (χ1v) is 5.70.